The third-order valence-corrected chi connectivity index (χ3v) is 4.23. The van der Waals surface area contributed by atoms with E-state index in [1.165, 1.54) is 24.3 Å². The molecular formula is C19H16F6N4O3. The number of alkyl halides is 6. The summed E-state index contributed by atoms with van der Waals surface area (Å²) in [6, 6.07) is 13.9. The van der Waals surface area contributed by atoms with Gasteiger partial charge in [0.2, 0.25) is 0 Å². The normalized spacial score (nSPS) is 15.2. The van der Waals surface area contributed by atoms with Crippen molar-refractivity contribution in [1.29, 1.82) is 0 Å². The average Bonchev–Trinajstić information content (AvgIpc) is 3.54. The number of halogens is 6. The maximum Gasteiger partial charge on any atom is 0.490 e. The van der Waals surface area contributed by atoms with E-state index in [1.807, 2.05) is 30.3 Å². The van der Waals surface area contributed by atoms with Gasteiger partial charge in [-0.2, -0.15) is 26.3 Å². The van der Waals surface area contributed by atoms with Gasteiger partial charge >= 0.3 is 24.0 Å². The fraction of sp³-hybridized carbons (Fsp3) is 0.263. The summed E-state index contributed by atoms with van der Waals surface area (Å²) in [7, 11) is 0. The zero-order chi connectivity index (χ0) is 24.2. The van der Waals surface area contributed by atoms with Crippen molar-refractivity contribution in [2.24, 2.45) is 16.0 Å². The van der Waals surface area contributed by atoms with Gasteiger partial charge in [0.25, 0.3) is 5.91 Å². The summed E-state index contributed by atoms with van der Waals surface area (Å²) in [5, 5.41) is 16.2. The predicted octanol–water partition coefficient (Wildman–Crippen LogP) is 3.93. The molecular weight excluding hydrogens is 446 g/mol. The highest BCUT2D eigenvalue weighted by molar-refractivity contribution is 5.94. The molecule has 0 aliphatic carbocycles. The molecule has 0 spiro atoms. The Bertz CT molecular complexity index is 969. The fourth-order valence-electron chi connectivity index (χ4n) is 2.50. The summed E-state index contributed by atoms with van der Waals surface area (Å²) in [6.45, 7) is 0.197. The third kappa shape index (κ3) is 5.81. The second kappa shape index (κ2) is 9.34. The molecule has 0 unspecified atom stereocenters. The van der Waals surface area contributed by atoms with E-state index in [0.717, 1.165) is 5.56 Å². The maximum atomic E-state index is 13.0. The minimum Gasteiger partial charge on any atom is -0.475 e. The summed E-state index contributed by atoms with van der Waals surface area (Å²) in [6.07, 6.45) is -9.67. The first-order valence-electron chi connectivity index (χ1n) is 8.79. The molecule has 1 amide bonds. The number of benzene rings is 2. The van der Waals surface area contributed by atoms with Gasteiger partial charge in [-0.25, -0.2) is 4.79 Å². The lowest BCUT2D eigenvalue weighted by molar-refractivity contribution is -0.192. The Hall–Kier alpha value is -3.48. The van der Waals surface area contributed by atoms with Gasteiger partial charge in [0.15, 0.2) is 0 Å². The van der Waals surface area contributed by atoms with Gasteiger partial charge in [-0.1, -0.05) is 42.5 Å². The van der Waals surface area contributed by atoms with Crippen molar-refractivity contribution < 1.29 is 41.0 Å². The number of rotatable bonds is 5. The number of amides is 1. The predicted molar refractivity (Wildman–Crippen MR) is 98.4 cm³/mol. The van der Waals surface area contributed by atoms with Crippen LogP contribution in [0, 0.1) is 0 Å². The van der Waals surface area contributed by atoms with Crippen LogP contribution >= 0.6 is 0 Å². The van der Waals surface area contributed by atoms with Crippen LogP contribution in [0.2, 0.25) is 0 Å². The lowest BCUT2D eigenvalue weighted by atomic mass is 10.0. The molecule has 4 N–H and O–H groups in total. The number of hydrogen-bond donors (Lipinski definition) is 3. The molecule has 1 atom stereocenters. The SMILES string of the molecule is NC[C@@H](NC(=O)c1ccc(C2(C(F)(F)F)N=N2)cc1)c1ccccc1.O=C(O)C(F)(F)F. The van der Waals surface area contributed by atoms with E-state index in [1.54, 1.807) is 0 Å². The van der Waals surface area contributed by atoms with Crippen molar-refractivity contribution in [2.45, 2.75) is 24.1 Å². The molecule has 2 aromatic carbocycles. The Morgan fingerprint density at radius 3 is 1.84 bits per heavy atom. The minimum atomic E-state index is -5.08. The molecule has 1 aliphatic heterocycles. The molecule has 7 nitrogen and oxygen atoms in total. The molecule has 0 radical (unpaired) electrons. The van der Waals surface area contributed by atoms with Crippen LogP contribution in [0.3, 0.4) is 0 Å². The molecule has 1 aliphatic rings. The molecule has 0 saturated heterocycles. The minimum absolute atomic E-state index is 0.116. The number of nitrogens with zero attached hydrogens (tertiary/aromatic N) is 2. The van der Waals surface area contributed by atoms with E-state index >= 15 is 0 Å². The van der Waals surface area contributed by atoms with Gasteiger partial charge in [-0.3, -0.25) is 4.79 Å². The molecule has 32 heavy (non-hydrogen) atoms. The highest BCUT2D eigenvalue weighted by Gasteiger charge is 2.65. The molecule has 172 valence electrons. The lowest BCUT2D eigenvalue weighted by Gasteiger charge is -2.18. The first-order valence-corrected chi connectivity index (χ1v) is 8.79. The third-order valence-electron chi connectivity index (χ3n) is 4.23. The maximum absolute atomic E-state index is 13.0. The summed E-state index contributed by atoms with van der Waals surface area (Å²) in [4.78, 5) is 21.2. The first-order chi connectivity index (χ1) is 14.8. The number of nitrogens with two attached hydrogens (primary N) is 1. The number of nitrogens with one attached hydrogen (secondary N) is 1. The second-order valence-electron chi connectivity index (χ2n) is 6.42. The van der Waals surface area contributed by atoms with Gasteiger partial charge in [-0.15, -0.1) is 10.2 Å². The Morgan fingerprint density at radius 1 is 0.969 bits per heavy atom. The van der Waals surface area contributed by atoms with Crippen molar-refractivity contribution in [2.75, 3.05) is 6.54 Å². The van der Waals surface area contributed by atoms with E-state index in [2.05, 4.69) is 15.5 Å². The van der Waals surface area contributed by atoms with Crippen LogP contribution in [0.1, 0.15) is 27.5 Å². The summed E-state index contributed by atoms with van der Waals surface area (Å²) in [5.74, 6) is -3.18. The standard InChI is InChI=1S/C17H15F3N4O.C2HF3O2/c18-17(19,20)16(23-24-16)13-8-6-12(7-9-13)15(25)22-14(10-21)11-4-2-1-3-5-11;3-2(4,5)1(6)7/h1-9,14H,10,21H2,(H,22,25);(H,6,7)/t14-;/m1./s1. The topological polar surface area (TPSA) is 117 Å². The van der Waals surface area contributed by atoms with Gasteiger partial charge in [0.05, 0.1) is 6.04 Å². The number of carboxylic acid groups (broad SMARTS) is 1. The van der Waals surface area contributed by atoms with E-state index < -0.39 is 29.9 Å². The Labute approximate surface area is 176 Å². The summed E-state index contributed by atoms with van der Waals surface area (Å²) in [5.41, 5.74) is 4.19. The van der Waals surface area contributed by atoms with Crippen molar-refractivity contribution in [3.8, 4) is 0 Å². The average molecular weight is 462 g/mol. The van der Waals surface area contributed by atoms with Gasteiger partial charge in [0, 0.05) is 17.7 Å². The van der Waals surface area contributed by atoms with E-state index in [4.69, 9.17) is 15.6 Å². The number of aliphatic carboxylic acids is 1. The Kier molecular flexibility index (Phi) is 7.24. The summed E-state index contributed by atoms with van der Waals surface area (Å²) >= 11 is 0. The van der Waals surface area contributed by atoms with E-state index in [9.17, 15) is 31.1 Å². The van der Waals surface area contributed by atoms with Crippen LogP contribution < -0.4 is 11.1 Å². The highest BCUT2D eigenvalue weighted by atomic mass is 19.4. The van der Waals surface area contributed by atoms with Crippen LogP contribution in [-0.2, 0) is 10.5 Å². The Morgan fingerprint density at radius 2 is 1.47 bits per heavy atom. The van der Waals surface area contributed by atoms with Crippen LogP contribution in [0.4, 0.5) is 26.3 Å². The van der Waals surface area contributed by atoms with Gasteiger partial charge in [0.1, 0.15) is 0 Å². The van der Waals surface area contributed by atoms with Crippen molar-refractivity contribution in [1.82, 2.24) is 5.32 Å². The number of hydrogen-bond acceptors (Lipinski definition) is 5. The lowest BCUT2D eigenvalue weighted by Crippen LogP contribution is -2.33. The van der Waals surface area contributed by atoms with Crippen LogP contribution in [0.15, 0.2) is 64.8 Å². The zero-order valence-corrected chi connectivity index (χ0v) is 16.0. The molecule has 13 heteroatoms. The van der Waals surface area contributed by atoms with E-state index in [-0.39, 0.29) is 23.7 Å². The zero-order valence-electron chi connectivity index (χ0n) is 16.0. The molecule has 0 bridgehead atoms. The van der Waals surface area contributed by atoms with Crippen molar-refractivity contribution in [3.05, 3.63) is 71.3 Å². The smallest absolute Gasteiger partial charge is 0.475 e. The molecule has 2 aromatic rings. The van der Waals surface area contributed by atoms with Crippen molar-refractivity contribution >= 4 is 11.9 Å². The van der Waals surface area contributed by atoms with E-state index in [0.29, 0.717) is 0 Å². The molecule has 0 aromatic heterocycles. The van der Waals surface area contributed by atoms with Crippen LogP contribution in [0.5, 0.6) is 0 Å². The molecule has 1 heterocycles. The monoisotopic (exact) mass is 462 g/mol. The second-order valence-corrected chi connectivity index (χ2v) is 6.42. The Balaban J connectivity index is 0.000000451. The molecule has 0 saturated carbocycles. The molecule has 3 rings (SSSR count). The molecule has 0 fully saturated rings. The fourth-order valence-corrected chi connectivity index (χ4v) is 2.50. The first kappa shape index (κ1) is 24.8. The summed E-state index contributed by atoms with van der Waals surface area (Å²) < 4.78 is 70.6. The number of carboxylic acids is 1. The van der Waals surface area contributed by atoms with Crippen molar-refractivity contribution in [3.63, 3.8) is 0 Å². The quantitative estimate of drug-likeness (QED) is 0.584. The van der Waals surface area contributed by atoms with Crippen LogP contribution in [-0.4, -0.2) is 35.9 Å². The van der Waals surface area contributed by atoms with Gasteiger partial charge in [-0.05, 0) is 17.7 Å². The number of carbonyl (C=O) groups is 2. The van der Waals surface area contributed by atoms with Gasteiger partial charge < -0.3 is 16.2 Å². The van der Waals surface area contributed by atoms with Crippen LogP contribution in [0.25, 0.3) is 0 Å². The number of carbonyl (C=O) groups excluding carboxylic acids is 1. The largest absolute Gasteiger partial charge is 0.490 e. The highest BCUT2D eigenvalue weighted by Crippen LogP contribution is 2.52.